The maximum absolute atomic E-state index is 9.08. The van der Waals surface area contributed by atoms with Crippen molar-refractivity contribution in [3.63, 3.8) is 0 Å². The van der Waals surface area contributed by atoms with Crippen molar-refractivity contribution in [3.05, 3.63) is 30.3 Å². The van der Waals surface area contributed by atoms with Gasteiger partial charge in [-0.2, -0.15) is 5.26 Å². The SMILES string of the molecule is CN(CC1(C#N)COC1)c1ccccc1. The molecule has 1 aromatic carbocycles. The van der Waals surface area contributed by atoms with Crippen LogP contribution in [0.3, 0.4) is 0 Å². The second-order valence-corrected chi connectivity index (χ2v) is 4.08. The molecule has 0 radical (unpaired) electrons. The number of hydrogen-bond donors (Lipinski definition) is 0. The van der Waals surface area contributed by atoms with Gasteiger partial charge in [-0.1, -0.05) is 18.2 Å². The molecule has 0 amide bonds. The van der Waals surface area contributed by atoms with E-state index in [4.69, 9.17) is 10.00 Å². The zero-order valence-corrected chi connectivity index (χ0v) is 8.81. The van der Waals surface area contributed by atoms with E-state index in [9.17, 15) is 0 Å². The number of rotatable bonds is 3. The first-order chi connectivity index (χ1) is 7.26. The van der Waals surface area contributed by atoms with Gasteiger partial charge < -0.3 is 9.64 Å². The molecule has 0 bridgehead atoms. The fourth-order valence-corrected chi connectivity index (χ4v) is 1.77. The van der Waals surface area contributed by atoms with Gasteiger partial charge in [0.25, 0.3) is 0 Å². The molecule has 0 saturated carbocycles. The molecule has 0 N–H and O–H groups in total. The van der Waals surface area contributed by atoms with Gasteiger partial charge in [-0.25, -0.2) is 0 Å². The lowest BCUT2D eigenvalue weighted by atomic mass is 9.87. The third kappa shape index (κ3) is 1.95. The molecule has 0 aromatic heterocycles. The lowest BCUT2D eigenvalue weighted by Crippen LogP contribution is -2.49. The summed E-state index contributed by atoms with van der Waals surface area (Å²) in [7, 11) is 2.01. The Morgan fingerprint density at radius 3 is 2.53 bits per heavy atom. The first-order valence-electron chi connectivity index (χ1n) is 5.01. The molecule has 15 heavy (non-hydrogen) atoms. The van der Waals surface area contributed by atoms with Crippen LogP contribution in [-0.4, -0.2) is 26.8 Å². The maximum Gasteiger partial charge on any atom is 0.121 e. The van der Waals surface area contributed by atoms with Crippen molar-refractivity contribution in [2.75, 3.05) is 31.7 Å². The van der Waals surface area contributed by atoms with E-state index in [-0.39, 0.29) is 5.41 Å². The maximum atomic E-state index is 9.08. The molecule has 3 nitrogen and oxygen atoms in total. The van der Waals surface area contributed by atoms with Gasteiger partial charge in [0, 0.05) is 19.3 Å². The van der Waals surface area contributed by atoms with E-state index in [1.54, 1.807) is 0 Å². The quantitative estimate of drug-likeness (QED) is 0.748. The van der Waals surface area contributed by atoms with E-state index in [2.05, 4.69) is 11.0 Å². The number of ether oxygens (including phenoxy) is 1. The first-order valence-corrected chi connectivity index (χ1v) is 5.01. The average molecular weight is 202 g/mol. The minimum Gasteiger partial charge on any atom is -0.378 e. The Balaban J connectivity index is 2.04. The lowest BCUT2D eigenvalue weighted by Gasteiger charge is -2.38. The summed E-state index contributed by atoms with van der Waals surface area (Å²) in [5.74, 6) is 0. The van der Waals surface area contributed by atoms with Crippen LogP contribution in [0.15, 0.2) is 30.3 Å². The third-order valence-corrected chi connectivity index (χ3v) is 2.73. The minimum absolute atomic E-state index is 0.301. The van der Waals surface area contributed by atoms with E-state index in [1.165, 1.54) is 0 Å². The van der Waals surface area contributed by atoms with Crippen LogP contribution in [-0.2, 0) is 4.74 Å². The van der Waals surface area contributed by atoms with Crippen molar-refractivity contribution in [1.82, 2.24) is 0 Å². The molecule has 0 spiro atoms. The highest BCUT2D eigenvalue weighted by Gasteiger charge is 2.40. The molecule has 78 valence electrons. The number of nitrogens with zero attached hydrogens (tertiary/aromatic N) is 2. The second kappa shape index (κ2) is 3.92. The van der Waals surface area contributed by atoms with Gasteiger partial charge in [0.05, 0.1) is 19.3 Å². The standard InChI is InChI=1S/C12H14N2O/c1-14(11-5-3-2-4-6-11)8-12(7-13)9-15-10-12/h2-6H,8-10H2,1H3. The summed E-state index contributed by atoms with van der Waals surface area (Å²) in [6.45, 7) is 1.84. The van der Waals surface area contributed by atoms with E-state index in [0.717, 1.165) is 12.2 Å². The van der Waals surface area contributed by atoms with Crippen LogP contribution < -0.4 is 4.90 Å². The summed E-state index contributed by atoms with van der Waals surface area (Å²) in [4.78, 5) is 2.10. The molecular formula is C12H14N2O. The largest absolute Gasteiger partial charge is 0.378 e. The average Bonchev–Trinajstić information content (AvgIpc) is 2.24. The minimum atomic E-state index is -0.301. The summed E-state index contributed by atoms with van der Waals surface area (Å²) in [6, 6.07) is 12.4. The highest BCUT2D eigenvalue weighted by Crippen LogP contribution is 2.28. The first kappa shape index (κ1) is 10.0. The molecule has 1 aliphatic rings. The fourth-order valence-electron chi connectivity index (χ4n) is 1.77. The Bertz CT molecular complexity index is 365. The van der Waals surface area contributed by atoms with E-state index in [0.29, 0.717) is 13.2 Å². The van der Waals surface area contributed by atoms with Crippen LogP contribution in [0.25, 0.3) is 0 Å². The molecular weight excluding hydrogens is 188 g/mol. The van der Waals surface area contributed by atoms with Gasteiger partial charge in [0.2, 0.25) is 0 Å². The van der Waals surface area contributed by atoms with Gasteiger partial charge in [0.1, 0.15) is 5.41 Å². The number of benzene rings is 1. The molecule has 0 aliphatic carbocycles. The molecule has 0 unspecified atom stereocenters. The molecule has 1 saturated heterocycles. The Hall–Kier alpha value is -1.53. The molecule has 1 aromatic rings. The van der Waals surface area contributed by atoms with Crippen LogP contribution in [0.1, 0.15) is 0 Å². The van der Waals surface area contributed by atoms with Crippen LogP contribution in [0, 0.1) is 16.7 Å². The molecule has 2 rings (SSSR count). The van der Waals surface area contributed by atoms with Crippen molar-refractivity contribution < 1.29 is 4.74 Å². The van der Waals surface area contributed by atoms with E-state index in [1.807, 2.05) is 37.4 Å². The predicted molar refractivity (Wildman–Crippen MR) is 58.6 cm³/mol. The predicted octanol–water partition coefficient (Wildman–Crippen LogP) is 1.66. The summed E-state index contributed by atoms with van der Waals surface area (Å²) in [6.07, 6.45) is 0. The van der Waals surface area contributed by atoms with Crippen LogP contribution in [0.5, 0.6) is 0 Å². The molecule has 1 aliphatic heterocycles. The van der Waals surface area contributed by atoms with Crippen molar-refractivity contribution in [3.8, 4) is 6.07 Å². The lowest BCUT2D eigenvalue weighted by molar-refractivity contribution is -0.0716. The van der Waals surface area contributed by atoms with Gasteiger partial charge in [-0.05, 0) is 12.1 Å². The molecule has 1 fully saturated rings. The van der Waals surface area contributed by atoms with Crippen molar-refractivity contribution >= 4 is 5.69 Å². The van der Waals surface area contributed by atoms with Gasteiger partial charge >= 0.3 is 0 Å². The highest BCUT2D eigenvalue weighted by molar-refractivity contribution is 5.45. The summed E-state index contributed by atoms with van der Waals surface area (Å²) in [5, 5.41) is 9.08. The van der Waals surface area contributed by atoms with Gasteiger partial charge in [0.15, 0.2) is 0 Å². The summed E-state index contributed by atoms with van der Waals surface area (Å²) >= 11 is 0. The number of para-hydroxylation sites is 1. The van der Waals surface area contributed by atoms with Crippen molar-refractivity contribution in [2.24, 2.45) is 5.41 Å². The van der Waals surface area contributed by atoms with Crippen LogP contribution >= 0.6 is 0 Å². The summed E-state index contributed by atoms with van der Waals surface area (Å²) < 4.78 is 5.12. The smallest absolute Gasteiger partial charge is 0.121 e. The van der Waals surface area contributed by atoms with Crippen molar-refractivity contribution in [2.45, 2.75) is 0 Å². The van der Waals surface area contributed by atoms with E-state index >= 15 is 0 Å². The Morgan fingerprint density at radius 2 is 2.07 bits per heavy atom. The Kier molecular flexibility index (Phi) is 2.61. The second-order valence-electron chi connectivity index (χ2n) is 4.08. The molecule has 1 heterocycles. The molecule has 0 atom stereocenters. The highest BCUT2D eigenvalue weighted by atomic mass is 16.5. The Labute approximate surface area is 89.9 Å². The van der Waals surface area contributed by atoms with Crippen LogP contribution in [0.4, 0.5) is 5.69 Å². The Morgan fingerprint density at radius 1 is 1.40 bits per heavy atom. The third-order valence-electron chi connectivity index (χ3n) is 2.73. The summed E-state index contributed by atoms with van der Waals surface area (Å²) in [5.41, 5.74) is 0.837. The number of hydrogen-bond acceptors (Lipinski definition) is 3. The monoisotopic (exact) mass is 202 g/mol. The number of nitriles is 1. The zero-order chi connectivity index (χ0) is 10.7. The topological polar surface area (TPSA) is 36.3 Å². The fraction of sp³-hybridized carbons (Fsp3) is 0.417. The van der Waals surface area contributed by atoms with Crippen molar-refractivity contribution in [1.29, 1.82) is 5.26 Å². The number of anilines is 1. The van der Waals surface area contributed by atoms with Gasteiger partial charge in [-0.15, -0.1) is 0 Å². The normalized spacial score (nSPS) is 17.6. The zero-order valence-electron chi connectivity index (χ0n) is 8.81. The van der Waals surface area contributed by atoms with Crippen LogP contribution in [0.2, 0.25) is 0 Å². The van der Waals surface area contributed by atoms with Gasteiger partial charge in [-0.3, -0.25) is 0 Å². The molecule has 3 heteroatoms. The van der Waals surface area contributed by atoms with E-state index < -0.39 is 0 Å².